The SMILES string of the molecule is CC1C(=O)CCCCCCCCCCCCC1=O. The van der Waals surface area contributed by atoms with Gasteiger partial charge in [0.25, 0.3) is 0 Å². The van der Waals surface area contributed by atoms with Gasteiger partial charge >= 0.3 is 0 Å². The molecule has 104 valence electrons. The van der Waals surface area contributed by atoms with E-state index in [2.05, 4.69) is 0 Å². The Balaban J connectivity index is 2.38. The second-order valence-electron chi connectivity index (χ2n) is 5.69. The molecule has 0 aliphatic heterocycles. The van der Waals surface area contributed by atoms with Crippen molar-refractivity contribution < 1.29 is 9.59 Å². The standard InChI is InChI=1S/C16H28O2/c1-14-15(17)12-10-8-6-4-2-3-5-7-9-11-13-16(14)18/h14H,2-13H2,1H3. The van der Waals surface area contributed by atoms with Crippen LogP contribution >= 0.6 is 0 Å². The Bertz CT molecular complexity index is 232. The third kappa shape index (κ3) is 6.32. The molecule has 1 rings (SSSR count). The average Bonchev–Trinajstić information content (AvgIpc) is 2.38. The Morgan fingerprint density at radius 2 is 0.889 bits per heavy atom. The number of hydrogen-bond donors (Lipinski definition) is 0. The van der Waals surface area contributed by atoms with Crippen molar-refractivity contribution in [2.75, 3.05) is 0 Å². The first kappa shape index (κ1) is 15.4. The van der Waals surface area contributed by atoms with Gasteiger partial charge in [0, 0.05) is 12.8 Å². The van der Waals surface area contributed by atoms with Crippen LogP contribution in [-0.2, 0) is 9.59 Å². The Morgan fingerprint density at radius 1 is 0.611 bits per heavy atom. The van der Waals surface area contributed by atoms with Crippen LogP contribution in [-0.4, -0.2) is 11.6 Å². The van der Waals surface area contributed by atoms with Gasteiger partial charge < -0.3 is 0 Å². The molecular weight excluding hydrogens is 224 g/mol. The predicted octanol–water partition coefficient (Wildman–Crippen LogP) is 4.46. The summed E-state index contributed by atoms with van der Waals surface area (Å²) in [6.07, 6.45) is 13.2. The van der Waals surface area contributed by atoms with Crippen LogP contribution in [0, 0.1) is 5.92 Å². The lowest BCUT2D eigenvalue weighted by molar-refractivity contribution is -0.132. The van der Waals surface area contributed by atoms with E-state index in [4.69, 9.17) is 0 Å². The predicted molar refractivity (Wildman–Crippen MR) is 74.6 cm³/mol. The van der Waals surface area contributed by atoms with Gasteiger partial charge in [-0.1, -0.05) is 51.4 Å². The van der Waals surface area contributed by atoms with Crippen LogP contribution in [0.15, 0.2) is 0 Å². The maximum atomic E-state index is 11.8. The van der Waals surface area contributed by atoms with E-state index in [0.717, 1.165) is 25.7 Å². The molecule has 1 aliphatic carbocycles. The van der Waals surface area contributed by atoms with E-state index in [1.165, 1.54) is 38.5 Å². The Morgan fingerprint density at radius 3 is 1.22 bits per heavy atom. The molecule has 0 unspecified atom stereocenters. The van der Waals surface area contributed by atoms with Crippen LogP contribution in [0.5, 0.6) is 0 Å². The van der Waals surface area contributed by atoms with Crippen molar-refractivity contribution in [3.05, 3.63) is 0 Å². The minimum absolute atomic E-state index is 0.162. The quantitative estimate of drug-likeness (QED) is 0.597. The molecule has 0 radical (unpaired) electrons. The summed E-state index contributed by atoms with van der Waals surface area (Å²) < 4.78 is 0. The van der Waals surface area contributed by atoms with Crippen LogP contribution < -0.4 is 0 Å². The molecule has 1 aliphatic rings. The van der Waals surface area contributed by atoms with Gasteiger partial charge in [-0.15, -0.1) is 0 Å². The fraction of sp³-hybridized carbons (Fsp3) is 0.875. The van der Waals surface area contributed by atoms with Gasteiger partial charge in [-0.05, 0) is 19.8 Å². The molecule has 0 heterocycles. The van der Waals surface area contributed by atoms with Gasteiger partial charge in [-0.25, -0.2) is 0 Å². The molecular formula is C16H28O2. The van der Waals surface area contributed by atoms with Crippen LogP contribution in [0.2, 0.25) is 0 Å². The number of hydrogen-bond acceptors (Lipinski definition) is 2. The fourth-order valence-electron chi connectivity index (χ4n) is 2.63. The van der Waals surface area contributed by atoms with Crippen LogP contribution in [0.1, 0.15) is 84.0 Å². The van der Waals surface area contributed by atoms with Gasteiger partial charge in [0.1, 0.15) is 11.6 Å². The van der Waals surface area contributed by atoms with Gasteiger partial charge in [0.15, 0.2) is 0 Å². The summed E-state index contributed by atoms with van der Waals surface area (Å²) in [6, 6.07) is 0. The lowest BCUT2D eigenvalue weighted by Gasteiger charge is -2.09. The van der Waals surface area contributed by atoms with Gasteiger partial charge in [0.2, 0.25) is 0 Å². The number of rotatable bonds is 0. The molecule has 18 heavy (non-hydrogen) atoms. The zero-order valence-electron chi connectivity index (χ0n) is 11.9. The van der Waals surface area contributed by atoms with Crippen LogP contribution in [0.25, 0.3) is 0 Å². The van der Waals surface area contributed by atoms with Gasteiger partial charge in [0.05, 0.1) is 5.92 Å². The summed E-state index contributed by atoms with van der Waals surface area (Å²) >= 11 is 0. The third-order valence-electron chi connectivity index (χ3n) is 4.06. The molecule has 0 N–H and O–H groups in total. The highest BCUT2D eigenvalue weighted by atomic mass is 16.1. The van der Waals surface area contributed by atoms with E-state index in [1.54, 1.807) is 6.92 Å². The van der Waals surface area contributed by atoms with Crippen molar-refractivity contribution in [1.82, 2.24) is 0 Å². The highest BCUT2D eigenvalue weighted by Crippen LogP contribution is 2.16. The highest BCUT2D eigenvalue weighted by Gasteiger charge is 2.19. The van der Waals surface area contributed by atoms with Crippen molar-refractivity contribution in [3.8, 4) is 0 Å². The molecule has 0 bridgehead atoms. The summed E-state index contributed by atoms with van der Waals surface area (Å²) in [6.45, 7) is 1.79. The molecule has 0 saturated heterocycles. The summed E-state index contributed by atoms with van der Waals surface area (Å²) in [5, 5.41) is 0. The second-order valence-corrected chi connectivity index (χ2v) is 5.69. The zero-order chi connectivity index (χ0) is 13.2. The van der Waals surface area contributed by atoms with Crippen molar-refractivity contribution in [1.29, 1.82) is 0 Å². The second kappa shape index (κ2) is 9.29. The maximum absolute atomic E-state index is 11.8. The summed E-state index contributed by atoms with van der Waals surface area (Å²) in [4.78, 5) is 23.7. The first-order valence-electron chi connectivity index (χ1n) is 7.77. The molecule has 2 heteroatoms. The summed E-state index contributed by atoms with van der Waals surface area (Å²) in [7, 11) is 0. The number of carbonyl (C=O) groups excluding carboxylic acids is 2. The first-order chi connectivity index (χ1) is 8.72. The lowest BCUT2D eigenvalue weighted by Crippen LogP contribution is -2.20. The number of carbonyl (C=O) groups is 2. The Hall–Kier alpha value is -0.660. The molecule has 0 aromatic heterocycles. The van der Waals surface area contributed by atoms with E-state index in [-0.39, 0.29) is 17.5 Å². The Labute approximate surface area is 112 Å². The molecule has 0 atom stereocenters. The first-order valence-corrected chi connectivity index (χ1v) is 7.77. The number of Topliss-reactive ketones (excluding diaryl/α,β-unsaturated/α-hetero) is 2. The van der Waals surface area contributed by atoms with Crippen LogP contribution in [0.3, 0.4) is 0 Å². The maximum Gasteiger partial charge on any atom is 0.143 e. The van der Waals surface area contributed by atoms with Crippen molar-refractivity contribution in [2.45, 2.75) is 84.0 Å². The molecule has 1 saturated carbocycles. The molecule has 0 spiro atoms. The normalized spacial score (nSPS) is 23.4. The van der Waals surface area contributed by atoms with E-state index in [9.17, 15) is 9.59 Å². The van der Waals surface area contributed by atoms with Crippen LogP contribution in [0.4, 0.5) is 0 Å². The lowest BCUT2D eigenvalue weighted by atomic mass is 9.93. The van der Waals surface area contributed by atoms with E-state index < -0.39 is 0 Å². The topological polar surface area (TPSA) is 34.1 Å². The summed E-state index contributed by atoms with van der Waals surface area (Å²) in [5.41, 5.74) is 0. The largest absolute Gasteiger partial charge is 0.299 e. The van der Waals surface area contributed by atoms with E-state index in [0.29, 0.717) is 12.8 Å². The third-order valence-corrected chi connectivity index (χ3v) is 4.06. The number of ketones is 2. The minimum atomic E-state index is -0.352. The Kier molecular flexibility index (Phi) is 7.95. The van der Waals surface area contributed by atoms with Crippen molar-refractivity contribution in [3.63, 3.8) is 0 Å². The van der Waals surface area contributed by atoms with Gasteiger partial charge in [-0.2, -0.15) is 0 Å². The molecule has 0 aromatic rings. The molecule has 0 aromatic carbocycles. The van der Waals surface area contributed by atoms with Crippen molar-refractivity contribution >= 4 is 11.6 Å². The summed E-state index contributed by atoms with van der Waals surface area (Å²) in [5.74, 6) is -0.0279. The monoisotopic (exact) mass is 252 g/mol. The minimum Gasteiger partial charge on any atom is -0.299 e. The highest BCUT2D eigenvalue weighted by molar-refractivity contribution is 6.01. The molecule has 1 fully saturated rings. The van der Waals surface area contributed by atoms with E-state index in [1.807, 2.05) is 0 Å². The zero-order valence-corrected chi connectivity index (χ0v) is 11.9. The smallest absolute Gasteiger partial charge is 0.143 e. The van der Waals surface area contributed by atoms with Crippen molar-refractivity contribution in [2.24, 2.45) is 5.92 Å². The fourth-order valence-corrected chi connectivity index (χ4v) is 2.63. The van der Waals surface area contributed by atoms with E-state index >= 15 is 0 Å². The average molecular weight is 252 g/mol. The molecule has 2 nitrogen and oxygen atoms in total. The molecule has 0 amide bonds. The van der Waals surface area contributed by atoms with Gasteiger partial charge in [-0.3, -0.25) is 9.59 Å².